The minimum absolute atomic E-state index is 0.753. The van der Waals surface area contributed by atoms with Crippen LogP contribution in [0.1, 0.15) is 11.8 Å². The van der Waals surface area contributed by atoms with E-state index in [4.69, 9.17) is 4.74 Å². The Morgan fingerprint density at radius 2 is 2.09 bits per heavy atom. The number of aryl methyl sites for hydroxylation is 1. The molecule has 0 aliphatic carbocycles. The smallest absolute Gasteiger partial charge is 0.209 e. The minimum atomic E-state index is 0.753. The van der Waals surface area contributed by atoms with Crippen molar-refractivity contribution in [3.8, 4) is 0 Å². The van der Waals surface area contributed by atoms with E-state index >= 15 is 0 Å². The molecule has 120 valence electrons. The van der Waals surface area contributed by atoms with Crippen molar-refractivity contribution in [3.05, 3.63) is 17.3 Å². The van der Waals surface area contributed by atoms with Crippen molar-refractivity contribution in [2.75, 3.05) is 31.2 Å². The van der Waals surface area contributed by atoms with Crippen LogP contribution in [0.4, 0.5) is 5.13 Å². The van der Waals surface area contributed by atoms with E-state index in [-0.39, 0.29) is 0 Å². The van der Waals surface area contributed by atoms with Gasteiger partial charge in [-0.05, 0) is 24.2 Å². The molecule has 23 heavy (non-hydrogen) atoms. The van der Waals surface area contributed by atoms with E-state index in [1.807, 2.05) is 0 Å². The molecule has 3 aromatic heterocycles. The van der Waals surface area contributed by atoms with Crippen molar-refractivity contribution >= 4 is 49.8 Å². The Morgan fingerprint density at radius 3 is 2.91 bits per heavy atom. The molecule has 1 aliphatic heterocycles. The maximum Gasteiger partial charge on any atom is 0.209 e. The highest BCUT2D eigenvalue weighted by atomic mass is 32.2. The van der Waals surface area contributed by atoms with Crippen LogP contribution < -0.4 is 4.90 Å². The Bertz CT molecular complexity index is 812. The lowest BCUT2D eigenvalue weighted by molar-refractivity contribution is 0.122. The van der Waals surface area contributed by atoms with Crippen LogP contribution in [0, 0.1) is 0 Å². The summed E-state index contributed by atoms with van der Waals surface area (Å²) in [7, 11) is 0. The van der Waals surface area contributed by atoms with Crippen molar-refractivity contribution in [2.24, 2.45) is 0 Å². The van der Waals surface area contributed by atoms with Gasteiger partial charge in [0.05, 0.1) is 13.2 Å². The second-order valence-corrected chi connectivity index (χ2v) is 8.32. The Morgan fingerprint density at radius 1 is 1.22 bits per heavy atom. The molecule has 6 nitrogen and oxygen atoms in total. The summed E-state index contributed by atoms with van der Waals surface area (Å²) in [4.78, 5) is 13.4. The van der Waals surface area contributed by atoms with Gasteiger partial charge < -0.3 is 9.64 Å². The van der Waals surface area contributed by atoms with Gasteiger partial charge >= 0.3 is 0 Å². The zero-order chi connectivity index (χ0) is 15.6. The third kappa shape index (κ3) is 3.18. The molecule has 4 rings (SSSR count). The number of aromatic nitrogens is 4. The number of fused-ring (bicyclic) bond motifs is 1. The number of hydrogen-bond acceptors (Lipinski definition) is 9. The summed E-state index contributed by atoms with van der Waals surface area (Å²) in [6.07, 6.45) is 2.65. The fourth-order valence-electron chi connectivity index (χ4n) is 2.35. The van der Waals surface area contributed by atoms with Crippen molar-refractivity contribution in [2.45, 2.75) is 22.7 Å². The lowest BCUT2D eigenvalue weighted by atomic mass is 10.3. The molecule has 0 bridgehead atoms. The van der Waals surface area contributed by atoms with Crippen LogP contribution in [0.3, 0.4) is 0 Å². The Balaban J connectivity index is 1.58. The standard InChI is InChI=1S/C14H15N5OS3/c1-2-9-7-10-11(21-9)15-8-16-12(10)22-14-18-17-13(23-14)19-3-5-20-6-4-19/h7-8H,2-6H2,1H3. The molecule has 0 saturated carbocycles. The fraction of sp³-hybridized carbons (Fsp3) is 0.429. The van der Waals surface area contributed by atoms with Gasteiger partial charge in [-0.15, -0.1) is 21.5 Å². The summed E-state index contributed by atoms with van der Waals surface area (Å²) in [5.74, 6) is 0. The van der Waals surface area contributed by atoms with Gasteiger partial charge in [-0.1, -0.05) is 18.3 Å². The summed E-state index contributed by atoms with van der Waals surface area (Å²) in [6.45, 7) is 5.42. The van der Waals surface area contributed by atoms with Crippen LogP contribution >= 0.6 is 34.4 Å². The lowest BCUT2D eigenvalue weighted by Crippen LogP contribution is -2.36. The average molecular weight is 366 g/mol. The molecule has 1 aliphatic rings. The highest BCUT2D eigenvalue weighted by Crippen LogP contribution is 2.37. The number of hydrogen-bond donors (Lipinski definition) is 0. The quantitative estimate of drug-likeness (QED) is 0.658. The van der Waals surface area contributed by atoms with Crippen molar-refractivity contribution < 1.29 is 4.74 Å². The first kappa shape index (κ1) is 15.3. The molecular weight excluding hydrogens is 350 g/mol. The largest absolute Gasteiger partial charge is 0.378 e. The maximum absolute atomic E-state index is 5.38. The van der Waals surface area contributed by atoms with Gasteiger partial charge in [-0.3, -0.25) is 0 Å². The third-order valence-corrected chi connectivity index (χ3v) is 6.79. The normalized spacial score (nSPS) is 15.4. The molecule has 0 aromatic carbocycles. The van der Waals surface area contributed by atoms with Gasteiger partial charge in [0.25, 0.3) is 0 Å². The zero-order valence-electron chi connectivity index (χ0n) is 12.6. The van der Waals surface area contributed by atoms with E-state index in [2.05, 4.69) is 38.1 Å². The predicted molar refractivity (Wildman–Crippen MR) is 93.9 cm³/mol. The molecule has 1 saturated heterocycles. The van der Waals surface area contributed by atoms with Crippen LogP contribution in [-0.2, 0) is 11.2 Å². The molecule has 4 heterocycles. The molecule has 3 aromatic rings. The van der Waals surface area contributed by atoms with Gasteiger partial charge in [0.15, 0.2) is 4.34 Å². The van der Waals surface area contributed by atoms with Crippen LogP contribution in [-0.4, -0.2) is 46.5 Å². The van der Waals surface area contributed by atoms with Gasteiger partial charge in [-0.25, -0.2) is 9.97 Å². The van der Waals surface area contributed by atoms with Crippen molar-refractivity contribution in [1.82, 2.24) is 20.2 Å². The number of nitrogens with zero attached hydrogens (tertiary/aromatic N) is 5. The van der Waals surface area contributed by atoms with E-state index in [0.29, 0.717) is 0 Å². The lowest BCUT2D eigenvalue weighted by Gasteiger charge is -2.25. The number of morpholine rings is 1. The molecule has 0 N–H and O–H groups in total. The molecule has 1 fully saturated rings. The second-order valence-electron chi connectivity index (χ2n) is 5.02. The number of thiophene rings is 1. The molecule has 0 unspecified atom stereocenters. The molecule has 0 radical (unpaired) electrons. The molecule has 0 atom stereocenters. The molecule has 0 amide bonds. The Kier molecular flexibility index (Phi) is 4.43. The van der Waals surface area contributed by atoms with Crippen molar-refractivity contribution in [1.29, 1.82) is 0 Å². The Labute approximate surface area is 145 Å². The Hall–Kier alpha value is -1.29. The van der Waals surface area contributed by atoms with Gasteiger partial charge in [0.2, 0.25) is 5.13 Å². The average Bonchev–Trinajstić information content (AvgIpc) is 3.22. The summed E-state index contributed by atoms with van der Waals surface area (Å²) in [5.41, 5.74) is 0. The predicted octanol–water partition coefficient (Wildman–Crippen LogP) is 3.09. The van der Waals surface area contributed by atoms with Crippen LogP contribution in [0.15, 0.2) is 21.8 Å². The van der Waals surface area contributed by atoms with Crippen LogP contribution in [0.2, 0.25) is 0 Å². The highest BCUT2D eigenvalue weighted by Gasteiger charge is 2.17. The first-order valence-corrected chi connectivity index (χ1v) is 9.86. The zero-order valence-corrected chi connectivity index (χ0v) is 15.0. The summed E-state index contributed by atoms with van der Waals surface area (Å²) >= 11 is 4.91. The van der Waals surface area contributed by atoms with Crippen molar-refractivity contribution in [3.63, 3.8) is 0 Å². The van der Waals surface area contributed by atoms with E-state index in [9.17, 15) is 0 Å². The number of ether oxygens (including phenoxy) is 1. The van der Waals surface area contributed by atoms with Crippen LogP contribution in [0.25, 0.3) is 10.2 Å². The van der Waals surface area contributed by atoms with E-state index in [1.165, 1.54) is 4.88 Å². The first-order valence-electron chi connectivity index (χ1n) is 7.41. The monoisotopic (exact) mass is 365 g/mol. The van der Waals surface area contributed by atoms with Gasteiger partial charge in [0.1, 0.15) is 16.2 Å². The summed E-state index contributed by atoms with van der Waals surface area (Å²) in [5, 5.41) is 11.7. The van der Waals surface area contributed by atoms with E-state index in [0.717, 1.165) is 57.4 Å². The van der Waals surface area contributed by atoms with Crippen LogP contribution in [0.5, 0.6) is 0 Å². The van der Waals surface area contributed by atoms with Gasteiger partial charge in [-0.2, -0.15) is 0 Å². The first-order chi connectivity index (χ1) is 11.3. The maximum atomic E-state index is 5.38. The third-order valence-electron chi connectivity index (χ3n) is 3.55. The highest BCUT2D eigenvalue weighted by molar-refractivity contribution is 8.01. The topological polar surface area (TPSA) is 64.0 Å². The molecular formula is C14H15N5OS3. The van der Waals surface area contributed by atoms with Gasteiger partial charge in [0, 0.05) is 23.4 Å². The fourth-order valence-corrected chi connectivity index (χ4v) is 5.22. The molecule has 9 heteroatoms. The van der Waals surface area contributed by atoms with E-state index in [1.54, 1.807) is 40.8 Å². The number of anilines is 1. The second kappa shape index (κ2) is 6.68. The van der Waals surface area contributed by atoms with E-state index < -0.39 is 0 Å². The number of rotatable bonds is 4. The summed E-state index contributed by atoms with van der Waals surface area (Å²) in [6, 6.07) is 2.19. The minimum Gasteiger partial charge on any atom is -0.378 e. The SMILES string of the molecule is CCc1cc2c(Sc3nnc(N4CCOCC4)s3)ncnc2s1. The molecule has 0 spiro atoms. The summed E-state index contributed by atoms with van der Waals surface area (Å²) < 4.78 is 6.29.